The average molecular weight is 403 g/mol. The molecule has 1 aromatic heterocycles. The first kappa shape index (κ1) is 22.5. The van der Waals surface area contributed by atoms with Gasteiger partial charge in [-0.05, 0) is 38.5 Å². The van der Waals surface area contributed by atoms with E-state index in [2.05, 4.69) is 27.5 Å². The van der Waals surface area contributed by atoms with Crippen LogP contribution in [0.1, 0.15) is 58.2 Å². The number of imidazole rings is 1. The lowest BCUT2D eigenvalue weighted by atomic mass is 9.84. The molecule has 1 atom stereocenters. The Balaban J connectivity index is 2.04. The Morgan fingerprint density at radius 2 is 1.96 bits per heavy atom. The molecular formula is C19H32F3N5O. The van der Waals surface area contributed by atoms with Crippen LogP contribution in [0.3, 0.4) is 0 Å². The van der Waals surface area contributed by atoms with E-state index in [1.54, 1.807) is 0 Å². The number of aliphatic imine (C=N–C) groups is 1. The standard InChI is InChI=1S/C19H32F3N5O/c1-4-14-6-8-15(9-7-14)26-17(23-5-2)25-11-10-18(28,19(20,21)22)16-24-12-13-27(16)3/h12-15,28H,4-11H2,1-3H3,(H2,23,25,26). The number of rotatable bonds is 7. The predicted octanol–water partition coefficient (Wildman–Crippen LogP) is 3.08. The van der Waals surface area contributed by atoms with Crippen molar-refractivity contribution in [2.75, 3.05) is 13.1 Å². The number of hydrogen-bond acceptors (Lipinski definition) is 3. The summed E-state index contributed by atoms with van der Waals surface area (Å²) in [6.45, 7) is 4.54. The van der Waals surface area contributed by atoms with Gasteiger partial charge in [-0.1, -0.05) is 13.3 Å². The molecule has 0 spiro atoms. The predicted molar refractivity (Wildman–Crippen MR) is 103 cm³/mol. The van der Waals surface area contributed by atoms with Crippen molar-refractivity contribution in [2.45, 2.75) is 70.2 Å². The molecule has 0 aromatic carbocycles. The topological polar surface area (TPSA) is 74.5 Å². The van der Waals surface area contributed by atoms with E-state index in [9.17, 15) is 18.3 Å². The van der Waals surface area contributed by atoms with E-state index in [1.165, 1.54) is 30.4 Å². The van der Waals surface area contributed by atoms with Crippen molar-refractivity contribution in [1.82, 2.24) is 20.2 Å². The fourth-order valence-corrected chi connectivity index (χ4v) is 3.70. The van der Waals surface area contributed by atoms with Gasteiger partial charge in [-0.3, -0.25) is 4.99 Å². The van der Waals surface area contributed by atoms with E-state index >= 15 is 0 Å². The number of hydrogen-bond donors (Lipinski definition) is 3. The molecule has 1 aliphatic rings. The maximum absolute atomic E-state index is 13.6. The summed E-state index contributed by atoms with van der Waals surface area (Å²) in [6.07, 6.45) is 2.74. The smallest absolute Gasteiger partial charge is 0.374 e. The molecule has 2 rings (SSSR count). The Bertz CT molecular complexity index is 638. The largest absolute Gasteiger partial charge is 0.424 e. The van der Waals surface area contributed by atoms with E-state index in [0.717, 1.165) is 31.6 Å². The van der Waals surface area contributed by atoms with Crippen molar-refractivity contribution < 1.29 is 18.3 Å². The molecule has 0 amide bonds. The zero-order valence-electron chi connectivity index (χ0n) is 16.9. The first-order chi connectivity index (χ1) is 13.2. The van der Waals surface area contributed by atoms with Crippen molar-refractivity contribution >= 4 is 5.96 Å². The second-order valence-corrected chi connectivity index (χ2v) is 7.50. The first-order valence-corrected chi connectivity index (χ1v) is 10.0. The second-order valence-electron chi connectivity index (χ2n) is 7.50. The number of nitrogens with one attached hydrogen (secondary N) is 2. The number of alkyl halides is 3. The van der Waals surface area contributed by atoms with Gasteiger partial charge in [0, 0.05) is 45.0 Å². The lowest BCUT2D eigenvalue weighted by Crippen LogP contribution is -2.46. The van der Waals surface area contributed by atoms with Crippen LogP contribution in [0.15, 0.2) is 17.4 Å². The summed E-state index contributed by atoms with van der Waals surface area (Å²) < 4.78 is 41.9. The molecule has 1 unspecified atom stereocenters. The molecule has 3 N–H and O–H groups in total. The quantitative estimate of drug-likeness (QED) is 0.483. The molecule has 6 nitrogen and oxygen atoms in total. The van der Waals surface area contributed by atoms with Gasteiger partial charge in [0.15, 0.2) is 5.96 Å². The minimum atomic E-state index is -4.84. The Kier molecular flexibility index (Phi) is 7.74. The maximum Gasteiger partial charge on any atom is 0.424 e. The van der Waals surface area contributed by atoms with Gasteiger partial charge < -0.3 is 20.3 Å². The molecule has 28 heavy (non-hydrogen) atoms. The second kappa shape index (κ2) is 9.62. The maximum atomic E-state index is 13.6. The third kappa shape index (κ3) is 5.40. The SMILES string of the molecule is CCNC(=NCCC(O)(c1nccn1C)C(F)(F)F)NC1CCC(CC)CC1. The zero-order chi connectivity index (χ0) is 20.8. The number of guanidine groups is 1. The number of halogens is 3. The Morgan fingerprint density at radius 1 is 1.29 bits per heavy atom. The van der Waals surface area contributed by atoms with Gasteiger partial charge in [0.2, 0.25) is 5.60 Å². The van der Waals surface area contributed by atoms with Gasteiger partial charge in [0.1, 0.15) is 5.82 Å². The van der Waals surface area contributed by atoms with Gasteiger partial charge in [0.25, 0.3) is 0 Å². The van der Waals surface area contributed by atoms with E-state index < -0.39 is 24.0 Å². The lowest BCUT2D eigenvalue weighted by Gasteiger charge is -2.30. The van der Waals surface area contributed by atoms with Gasteiger partial charge in [-0.2, -0.15) is 13.2 Å². The number of aromatic nitrogens is 2. The van der Waals surface area contributed by atoms with E-state index in [-0.39, 0.29) is 12.6 Å². The van der Waals surface area contributed by atoms with Crippen LogP contribution >= 0.6 is 0 Å². The highest BCUT2D eigenvalue weighted by Gasteiger charge is 2.57. The molecule has 0 bridgehead atoms. The van der Waals surface area contributed by atoms with Crippen molar-refractivity contribution in [1.29, 1.82) is 0 Å². The summed E-state index contributed by atoms with van der Waals surface area (Å²) in [4.78, 5) is 7.99. The fraction of sp³-hybridized carbons (Fsp3) is 0.789. The molecule has 1 aliphatic carbocycles. The first-order valence-electron chi connectivity index (χ1n) is 10.0. The van der Waals surface area contributed by atoms with Crippen LogP contribution in [0.2, 0.25) is 0 Å². The van der Waals surface area contributed by atoms with Crippen molar-refractivity contribution in [3.05, 3.63) is 18.2 Å². The van der Waals surface area contributed by atoms with Crippen LogP contribution in [-0.4, -0.2) is 45.9 Å². The van der Waals surface area contributed by atoms with E-state index in [4.69, 9.17) is 0 Å². The highest BCUT2D eigenvalue weighted by molar-refractivity contribution is 5.80. The van der Waals surface area contributed by atoms with E-state index in [1.807, 2.05) is 6.92 Å². The van der Waals surface area contributed by atoms with Crippen LogP contribution in [0.5, 0.6) is 0 Å². The van der Waals surface area contributed by atoms with Crippen molar-refractivity contribution in [3.8, 4) is 0 Å². The minimum absolute atomic E-state index is 0.178. The number of aryl methyl sites for hydroxylation is 1. The minimum Gasteiger partial charge on any atom is -0.374 e. The third-order valence-electron chi connectivity index (χ3n) is 5.51. The molecular weight excluding hydrogens is 371 g/mol. The monoisotopic (exact) mass is 403 g/mol. The molecule has 1 saturated carbocycles. The van der Waals surface area contributed by atoms with Gasteiger partial charge in [0.05, 0.1) is 0 Å². The molecule has 0 saturated heterocycles. The lowest BCUT2D eigenvalue weighted by molar-refractivity contribution is -0.272. The summed E-state index contributed by atoms with van der Waals surface area (Å²) in [6, 6.07) is 0.275. The summed E-state index contributed by atoms with van der Waals surface area (Å²) >= 11 is 0. The van der Waals surface area contributed by atoms with E-state index in [0.29, 0.717) is 12.5 Å². The van der Waals surface area contributed by atoms with Crippen LogP contribution < -0.4 is 10.6 Å². The normalized spacial score (nSPS) is 23.3. The third-order valence-corrected chi connectivity index (χ3v) is 5.51. The van der Waals surface area contributed by atoms with Gasteiger partial charge >= 0.3 is 6.18 Å². The fourth-order valence-electron chi connectivity index (χ4n) is 3.70. The number of nitrogens with zero attached hydrogens (tertiary/aromatic N) is 3. The average Bonchev–Trinajstić information content (AvgIpc) is 3.08. The van der Waals surface area contributed by atoms with Crippen molar-refractivity contribution in [3.63, 3.8) is 0 Å². The summed E-state index contributed by atoms with van der Waals surface area (Å²) in [5.41, 5.74) is -3.04. The molecule has 160 valence electrons. The summed E-state index contributed by atoms with van der Waals surface area (Å²) in [5, 5.41) is 16.8. The molecule has 0 radical (unpaired) electrons. The molecule has 1 heterocycles. The van der Waals surface area contributed by atoms with Gasteiger partial charge in [-0.15, -0.1) is 0 Å². The molecule has 1 aromatic rings. The Labute approximate surface area is 164 Å². The molecule has 1 fully saturated rings. The van der Waals surface area contributed by atoms with Crippen LogP contribution in [-0.2, 0) is 12.6 Å². The Hall–Kier alpha value is -1.77. The van der Waals surface area contributed by atoms with Crippen LogP contribution in [0.25, 0.3) is 0 Å². The zero-order valence-corrected chi connectivity index (χ0v) is 16.9. The highest BCUT2D eigenvalue weighted by Crippen LogP contribution is 2.40. The van der Waals surface area contributed by atoms with Crippen molar-refractivity contribution in [2.24, 2.45) is 18.0 Å². The number of aliphatic hydroxyl groups is 1. The van der Waals surface area contributed by atoms with Gasteiger partial charge in [-0.25, -0.2) is 4.98 Å². The highest BCUT2D eigenvalue weighted by atomic mass is 19.4. The van der Waals surface area contributed by atoms with Crippen LogP contribution in [0, 0.1) is 5.92 Å². The summed E-state index contributed by atoms with van der Waals surface area (Å²) in [5.74, 6) is 0.829. The molecule has 9 heteroatoms. The Morgan fingerprint density at radius 3 is 2.46 bits per heavy atom. The molecule has 0 aliphatic heterocycles. The summed E-state index contributed by atoms with van der Waals surface area (Å²) in [7, 11) is 1.43. The van der Waals surface area contributed by atoms with Crippen LogP contribution in [0.4, 0.5) is 13.2 Å².